The van der Waals surface area contributed by atoms with Gasteiger partial charge in [-0.15, -0.1) is 0 Å². The minimum Gasteiger partial charge on any atom is -0.454 e. The molecule has 1 fully saturated rings. The average molecular weight is 443 g/mol. The SMILES string of the molecule is Cc1ccc(-n2ccc(C#N)c2C(=O)N2CCN(Cc3ccc4c(c3)OCO4)CC2)c(C)c1. The summed E-state index contributed by atoms with van der Waals surface area (Å²) < 4.78 is 12.7. The standard InChI is InChI=1S/C26H26N4O3/c1-18-3-5-22(19(2)13-18)30-8-7-21(15-27)25(30)26(31)29-11-9-28(10-12-29)16-20-4-6-23-24(14-20)33-17-32-23/h3-8,13-14H,9-12,16-17H2,1-2H3. The van der Waals surface area contributed by atoms with Gasteiger partial charge in [0.2, 0.25) is 6.79 Å². The molecule has 7 nitrogen and oxygen atoms in total. The molecule has 2 aliphatic rings. The molecular weight excluding hydrogens is 416 g/mol. The second kappa shape index (κ2) is 8.64. The maximum absolute atomic E-state index is 13.5. The number of ether oxygens (including phenoxy) is 2. The molecule has 5 rings (SSSR count). The van der Waals surface area contributed by atoms with Crippen LogP contribution in [0.4, 0.5) is 0 Å². The van der Waals surface area contributed by atoms with Crippen LogP contribution in [0, 0.1) is 25.2 Å². The zero-order chi connectivity index (χ0) is 22.9. The highest BCUT2D eigenvalue weighted by molar-refractivity contribution is 5.96. The van der Waals surface area contributed by atoms with E-state index in [0.717, 1.165) is 53.5 Å². The maximum Gasteiger partial charge on any atom is 0.272 e. The lowest BCUT2D eigenvalue weighted by molar-refractivity contribution is 0.0620. The van der Waals surface area contributed by atoms with Gasteiger partial charge in [-0.1, -0.05) is 23.8 Å². The van der Waals surface area contributed by atoms with Crippen LogP contribution in [0.2, 0.25) is 0 Å². The monoisotopic (exact) mass is 442 g/mol. The van der Waals surface area contributed by atoms with Crippen molar-refractivity contribution in [3.8, 4) is 23.3 Å². The number of rotatable bonds is 4. The molecule has 0 N–H and O–H groups in total. The molecule has 168 valence electrons. The molecule has 0 aliphatic carbocycles. The number of piperazine rings is 1. The van der Waals surface area contributed by atoms with E-state index in [1.54, 1.807) is 6.07 Å². The minimum atomic E-state index is -0.0979. The van der Waals surface area contributed by atoms with Crippen LogP contribution in [0.5, 0.6) is 11.5 Å². The van der Waals surface area contributed by atoms with Gasteiger partial charge < -0.3 is 18.9 Å². The molecule has 2 aliphatic heterocycles. The van der Waals surface area contributed by atoms with E-state index in [0.29, 0.717) is 24.3 Å². The Morgan fingerprint density at radius 2 is 1.79 bits per heavy atom. The first-order valence-corrected chi connectivity index (χ1v) is 11.1. The van der Waals surface area contributed by atoms with Crippen LogP contribution in [0.15, 0.2) is 48.7 Å². The number of aryl methyl sites for hydroxylation is 2. The van der Waals surface area contributed by atoms with E-state index >= 15 is 0 Å². The summed E-state index contributed by atoms with van der Waals surface area (Å²) in [5, 5.41) is 9.65. The lowest BCUT2D eigenvalue weighted by Gasteiger charge is -2.35. The second-order valence-corrected chi connectivity index (χ2v) is 8.61. The van der Waals surface area contributed by atoms with Crippen LogP contribution in [0.25, 0.3) is 5.69 Å². The van der Waals surface area contributed by atoms with E-state index in [9.17, 15) is 10.1 Å². The van der Waals surface area contributed by atoms with Gasteiger partial charge in [-0.25, -0.2) is 0 Å². The van der Waals surface area contributed by atoms with Crippen LogP contribution >= 0.6 is 0 Å². The fraction of sp³-hybridized carbons (Fsp3) is 0.308. The van der Waals surface area contributed by atoms with Gasteiger partial charge >= 0.3 is 0 Å². The number of aromatic nitrogens is 1. The third-order valence-corrected chi connectivity index (χ3v) is 6.32. The molecule has 2 aromatic carbocycles. The smallest absolute Gasteiger partial charge is 0.272 e. The lowest BCUT2D eigenvalue weighted by atomic mass is 10.1. The maximum atomic E-state index is 13.5. The largest absolute Gasteiger partial charge is 0.454 e. The van der Waals surface area contributed by atoms with E-state index in [1.807, 2.05) is 53.8 Å². The quantitative estimate of drug-likeness (QED) is 0.617. The molecular formula is C26H26N4O3. The molecule has 0 spiro atoms. The van der Waals surface area contributed by atoms with Gasteiger partial charge in [0.15, 0.2) is 11.5 Å². The number of nitriles is 1. The Balaban J connectivity index is 1.30. The number of nitrogens with zero attached hydrogens (tertiary/aromatic N) is 4. The van der Waals surface area contributed by atoms with E-state index in [-0.39, 0.29) is 12.7 Å². The van der Waals surface area contributed by atoms with Crippen LogP contribution < -0.4 is 9.47 Å². The van der Waals surface area contributed by atoms with Gasteiger partial charge in [0, 0.05) is 44.6 Å². The fourth-order valence-corrected chi connectivity index (χ4v) is 4.57. The molecule has 0 unspecified atom stereocenters. The van der Waals surface area contributed by atoms with E-state index < -0.39 is 0 Å². The third-order valence-electron chi connectivity index (χ3n) is 6.32. The van der Waals surface area contributed by atoms with Crippen LogP contribution in [-0.4, -0.2) is 53.2 Å². The van der Waals surface area contributed by atoms with Crippen molar-refractivity contribution in [1.29, 1.82) is 5.26 Å². The number of carbonyl (C=O) groups excluding carboxylic acids is 1. The molecule has 1 amide bonds. The van der Waals surface area contributed by atoms with Crippen LogP contribution in [-0.2, 0) is 6.54 Å². The van der Waals surface area contributed by atoms with E-state index in [4.69, 9.17) is 9.47 Å². The Morgan fingerprint density at radius 3 is 2.55 bits per heavy atom. The van der Waals surface area contributed by atoms with E-state index in [1.165, 1.54) is 0 Å². The van der Waals surface area contributed by atoms with Crippen molar-refractivity contribution >= 4 is 5.91 Å². The van der Waals surface area contributed by atoms with Gasteiger partial charge in [-0.05, 0) is 49.2 Å². The summed E-state index contributed by atoms with van der Waals surface area (Å²) in [6.45, 7) is 7.91. The zero-order valence-corrected chi connectivity index (χ0v) is 18.9. The molecule has 0 bridgehead atoms. The van der Waals surface area contributed by atoms with Crippen molar-refractivity contribution in [2.24, 2.45) is 0 Å². The predicted octanol–water partition coefficient (Wildman–Crippen LogP) is 3.65. The molecule has 7 heteroatoms. The summed E-state index contributed by atoms with van der Waals surface area (Å²) in [7, 11) is 0. The molecule has 0 atom stereocenters. The normalized spacial score (nSPS) is 15.5. The van der Waals surface area contributed by atoms with Crippen LogP contribution in [0.1, 0.15) is 32.7 Å². The van der Waals surface area contributed by atoms with Crippen molar-refractivity contribution in [2.45, 2.75) is 20.4 Å². The average Bonchev–Trinajstić information content (AvgIpc) is 3.45. The Bertz CT molecular complexity index is 1250. The Hall–Kier alpha value is -3.76. The molecule has 3 heterocycles. The number of hydrogen-bond acceptors (Lipinski definition) is 5. The van der Waals surface area contributed by atoms with Gasteiger partial charge in [-0.2, -0.15) is 5.26 Å². The van der Waals surface area contributed by atoms with Gasteiger partial charge in [0.1, 0.15) is 11.8 Å². The van der Waals surface area contributed by atoms with Crippen molar-refractivity contribution in [1.82, 2.24) is 14.4 Å². The predicted molar refractivity (Wildman–Crippen MR) is 124 cm³/mol. The molecule has 1 aromatic heterocycles. The summed E-state index contributed by atoms with van der Waals surface area (Å²) >= 11 is 0. The minimum absolute atomic E-state index is 0.0979. The number of hydrogen-bond donors (Lipinski definition) is 0. The summed E-state index contributed by atoms with van der Waals surface area (Å²) in [6, 6.07) is 16.1. The summed E-state index contributed by atoms with van der Waals surface area (Å²) in [4.78, 5) is 17.7. The van der Waals surface area contributed by atoms with Crippen molar-refractivity contribution in [3.63, 3.8) is 0 Å². The second-order valence-electron chi connectivity index (χ2n) is 8.61. The highest BCUT2D eigenvalue weighted by Crippen LogP contribution is 2.33. The molecule has 0 radical (unpaired) electrons. The highest BCUT2D eigenvalue weighted by Gasteiger charge is 2.27. The third kappa shape index (κ3) is 4.06. The fourth-order valence-electron chi connectivity index (χ4n) is 4.57. The Morgan fingerprint density at radius 1 is 1.00 bits per heavy atom. The van der Waals surface area contributed by atoms with Crippen molar-refractivity contribution < 1.29 is 14.3 Å². The number of amides is 1. The van der Waals surface area contributed by atoms with Gasteiger partial charge in [0.25, 0.3) is 5.91 Å². The molecule has 0 saturated carbocycles. The Kier molecular flexibility index (Phi) is 5.53. The Labute approximate surface area is 193 Å². The van der Waals surface area contributed by atoms with Crippen LogP contribution in [0.3, 0.4) is 0 Å². The molecule has 33 heavy (non-hydrogen) atoms. The van der Waals surface area contributed by atoms with Gasteiger partial charge in [-0.3, -0.25) is 9.69 Å². The summed E-state index contributed by atoms with van der Waals surface area (Å²) in [6.07, 6.45) is 1.82. The number of benzene rings is 2. The topological polar surface area (TPSA) is 70.7 Å². The molecule has 3 aromatic rings. The first kappa shape index (κ1) is 21.1. The first-order valence-electron chi connectivity index (χ1n) is 11.1. The summed E-state index contributed by atoms with van der Waals surface area (Å²) in [5.74, 6) is 1.48. The zero-order valence-electron chi connectivity index (χ0n) is 18.9. The van der Waals surface area contributed by atoms with Crippen molar-refractivity contribution in [3.05, 3.63) is 76.6 Å². The van der Waals surface area contributed by atoms with Crippen molar-refractivity contribution in [2.75, 3.05) is 33.0 Å². The van der Waals surface area contributed by atoms with Gasteiger partial charge in [0.05, 0.1) is 5.56 Å². The lowest BCUT2D eigenvalue weighted by Crippen LogP contribution is -2.48. The number of carbonyl (C=O) groups is 1. The summed E-state index contributed by atoms with van der Waals surface area (Å²) in [5.41, 5.74) is 5.16. The number of fused-ring (bicyclic) bond motifs is 1. The first-order chi connectivity index (χ1) is 16.0. The van der Waals surface area contributed by atoms with E-state index in [2.05, 4.69) is 23.1 Å². The highest BCUT2D eigenvalue weighted by atomic mass is 16.7. The molecule has 1 saturated heterocycles.